The number of nitrogens with zero attached hydrogens (tertiary/aromatic N) is 1. The van der Waals surface area contributed by atoms with E-state index in [4.69, 9.17) is 9.47 Å². The van der Waals surface area contributed by atoms with Crippen LogP contribution in [0.5, 0.6) is 5.88 Å². The number of benzene rings is 1. The third-order valence-electron chi connectivity index (χ3n) is 4.64. The molecule has 4 rings (SSSR count). The van der Waals surface area contributed by atoms with Crippen LogP contribution in [0, 0.1) is 0 Å². The largest absolute Gasteiger partial charge is 0.472 e. The average Bonchev–Trinajstić information content (AvgIpc) is 3.09. The molecular weight excluding hydrogens is 304 g/mol. The molecule has 0 spiro atoms. The maximum Gasteiger partial charge on any atom is 0.251 e. The van der Waals surface area contributed by atoms with Crippen LogP contribution in [0.3, 0.4) is 0 Å². The number of rotatable bonds is 5. The molecule has 1 saturated heterocycles. The van der Waals surface area contributed by atoms with Gasteiger partial charge in [-0.05, 0) is 23.6 Å². The number of amides is 1. The molecule has 2 atom stereocenters. The van der Waals surface area contributed by atoms with E-state index < -0.39 is 0 Å². The van der Waals surface area contributed by atoms with Gasteiger partial charge in [0, 0.05) is 36.7 Å². The molecule has 1 aliphatic heterocycles. The summed E-state index contributed by atoms with van der Waals surface area (Å²) in [6.07, 6.45) is 3.53. The lowest BCUT2D eigenvalue weighted by molar-refractivity contribution is 0.0948. The van der Waals surface area contributed by atoms with Gasteiger partial charge in [0.2, 0.25) is 5.88 Å². The van der Waals surface area contributed by atoms with Gasteiger partial charge in [-0.2, -0.15) is 0 Å². The summed E-state index contributed by atoms with van der Waals surface area (Å²) in [6.45, 7) is 1.96. The predicted molar refractivity (Wildman–Crippen MR) is 89.3 cm³/mol. The third kappa shape index (κ3) is 3.12. The highest BCUT2D eigenvalue weighted by Gasteiger charge is 2.25. The number of fused-ring (bicyclic) bond motifs is 1. The summed E-state index contributed by atoms with van der Waals surface area (Å²) in [4.78, 5) is 16.6. The van der Waals surface area contributed by atoms with Crippen molar-refractivity contribution in [3.05, 3.63) is 59.3 Å². The van der Waals surface area contributed by atoms with Gasteiger partial charge >= 0.3 is 0 Å². The molecule has 0 unspecified atom stereocenters. The lowest BCUT2D eigenvalue weighted by atomic mass is 9.77. The minimum absolute atomic E-state index is 0.0299. The standard InChI is InChI=1S/C19H20N2O3/c22-19(21-11-15-9-13-3-1-2-4-17(13)15)14-5-7-20-18(10-14)24-16-6-8-23-12-16/h1-5,7,10,15-16H,6,8-9,11-12H2,(H,21,22)/t15-,16-/m1/s1. The van der Waals surface area contributed by atoms with Gasteiger partial charge in [0.05, 0.1) is 13.2 Å². The normalized spacial score (nSPS) is 21.7. The van der Waals surface area contributed by atoms with E-state index >= 15 is 0 Å². The zero-order chi connectivity index (χ0) is 16.4. The Kier molecular flexibility index (Phi) is 4.17. The van der Waals surface area contributed by atoms with Crippen LogP contribution in [0.4, 0.5) is 0 Å². The first-order chi connectivity index (χ1) is 11.8. The van der Waals surface area contributed by atoms with Crippen LogP contribution >= 0.6 is 0 Å². The second-order valence-corrected chi connectivity index (χ2v) is 6.30. The van der Waals surface area contributed by atoms with E-state index in [2.05, 4.69) is 28.5 Å². The molecule has 1 N–H and O–H groups in total. The van der Waals surface area contributed by atoms with Crippen molar-refractivity contribution in [3.8, 4) is 5.88 Å². The van der Waals surface area contributed by atoms with Crippen LogP contribution in [0.2, 0.25) is 0 Å². The number of carbonyl (C=O) groups is 1. The molecule has 124 valence electrons. The van der Waals surface area contributed by atoms with Gasteiger partial charge in [-0.1, -0.05) is 24.3 Å². The Labute approximate surface area is 141 Å². The lowest BCUT2D eigenvalue weighted by Crippen LogP contribution is -2.33. The van der Waals surface area contributed by atoms with Crippen molar-refractivity contribution in [2.24, 2.45) is 0 Å². The Balaban J connectivity index is 1.34. The fourth-order valence-corrected chi connectivity index (χ4v) is 3.25. The predicted octanol–water partition coefficient (Wildman–Crippen LogP) is 2.32. The second-order valence-electron chi connectivity index (χ2n) is 6.30. The van der Waals surface area contributed by atoms with Crippen molar-refractivity contribution in [2.75, 3.05) is 19.8 Å². The molecule has 1 fully saturated rings. The van der Waals surface area contributed by atoms with Crippen LogP contribution in [0.15, 0.2) is 42.6 Å². The van der Waals surface area contributed by atoms with E-state index in [-0.39, 0.29) is 12.0 Å². The number of nitrogens with one attached hydrogen (secondary N) is 1. The number of ether oxygens (including phenoxy) is 2. The fraction of sp³-hybridized carbons (Fsp3) is 0.368. The summed E-state index contributed by atoms with van der Waals surface area (Å²) in [7, 11) is 0. The first-order valence-electron chi connectivity index (χ1n) is 8.36. The van der Waals surface area contributed by atoms with Crippen molar-refractivity contribution < 1.29 is 14.3 Å². The summed E-state index contributed by atoms with van der Waals surface area (Å²) in [6, 6.07) is 11.8. The SMILES string of the molecule is O=C(NC[C@H]1Cc2ccccc21)c1ccnc(O[C@@H]2CCOC2)c1. The fourth-order valence-electron chi connectivity index (χ4n) is 3.25. The molecule has 1 aliphatic carbocycles. The number of aromatic nitrogens is 1. The number of carbonyl (C=O) groups excluding carboxylic acids is 1. The van der Waals surface area contributed by atoms with Gasteiger partial charge < -0.3 is 14.8 Å². The van der Waals surface area contributed by atoms with E-state index in [9.17, 15) is 4.79 Å². The average molecular weight is 324 g/mol. The maximum absolute atomic E-state index is 12.4. The first-order valence-corrected chi connectivity index (χ1v) is 8.36. The molecule has 1 aromatic carbocycles. The molecular formula is C19H20N2O3. The number of hydrogen-bond donors (Lipinski definition) is 1. The highest BCUT2D eigenvalue weighted by Crippen LogP contribution is 2.34. The van der Waals surface area contributed by atoms with Gasteiger partial charge in [0.15, 0.2) is 0 Å². The van der Waals surface area contributed by atoms with Crippen LogP contribution < -0.4 is 10.1 Å². The van der Waals surface area contributed by atoms with E-state index in [1.807, 2.05) is 6.07 Å². The van der Waals surface area contributed by atoms with Crippen molar-refractivity contribution >= 4 is 5.91 Å². The Hall–Kier alpha value is -2.40. The molecule has 2 aromatic rings. The maximum atomic E-state index is 12.4. The molecule has 2 aliphatic rings. The molecule has 5 nitrogen and oxygen atoms in total. The Morgan fingerprint density at radius 1 is 1.33 bits per heavy atom. The number of hydrogen-bond acceptors (Lipinski definition) is 4. The van der Waals surface area contributed by atoms with Crippen LogP contribution in [0.1, 0.15) is 33.8 Å². The number of pyridine rings is 1. The highest BCUT2D eigenvalue weighted by molar-refractivity contribution is 5.94. The van der Waals surface area contributed by atoms with Crippen molar-refractivity contribution in [1.29, 1.82) is 0 Å². The smallest absolute Gasteiger partial charge is 0.251 e. The van der Waals surface area contributed by atoms with Gasteiger partial charge in [-0.25, -0.2) is 4.98 Å². The Bertz CT molecular complexity index is 741. The quantitative estimate of drug-likeness (QED) is 0.917. The molecule has 0 radical (unpaired) electrons. The lowest BCUT2D eigenvalue weighted by Gasteiger charge is -2.30. The molecule has 1 amide bonds. The van der Waals surface area contributed by atoms with Crippen molar-refractivity contribution in [2.45, 2.75) is 24.9 Å². The van der Waals surface area contributed by atoms with Gasteiger partial charge in [-0.15, -0.1) is 0 Å². The summed E-state index contributed by atoms with van der Waals surface area (Å²) in [5.41, 5.74) is 3.31. The first kappa shape index (κ1) is 15.1. The molecule has 0 saturated carbocycles. The summed E-state index contributed by atoms with van der Waals surface area (Å²) >= 11 is 0. The van der Waals surface area contributed by atoms with Crippen molar-refractivity contribution in [1.82, 2.24) is 10.3 Å². The van der Waals surface area contributed by atoms with Crippen molar-refractivity contribution in [3.63, 3.8) is 0 Å². The van der Waals surface area contributed by atoms with Crippen LogP contribution in [-0.4, -0.2) is 36.8 Å². The Morgan fingerprint density at radius 3 is 3.08 bits per heavy atom. The molecule has 24 heavy (non-hydrogen) atoms. The summed E-state index contributed by atoms with van der Waals surface area (Å²) in [5.74, 6) is 0.805. The van der Waals surface area contributed by atoms with E-state index in [1.54, 1.807) is 18.3 Å². The second kappa shape index (κ2) is 6.61. The third-order valence-corrected chi connectivity index (χ3v) is 4.64. The van der Waals surface area contributed by atoms with Crippen LogP contribution in [0.25, 0.3) is 0 Å². The van der Waals surface area contributed by atoms with E-state index in [1.165, 1.54) is 11.1 Å². The summed E-state index contributed by atoms with van der Waals surface area (Å²) < 4.78 is 11.0. The molecule has 0 bridgehead atoms. The zero-order valence-electron chi connectivity index (χ0n) is 13.4. The molecule has 1 aromatic heterocycles. The minimum Gasteiger partial charge on any atom is -0.472 e. The molecule has 5 heteroatoms. The summed E-state index contributed by atoms with van der Waals surface area (Å²) in [5, 5.41) is 3.02. The van der Waals surface area contributed by atoms with Gasteiger partial charge in [-0.3, -0.25) is 4.79 Å². The zero-order valence-corrected chi connectivity index (χ0v) is 13.4. The topological polar surface area (TPSA) is 60.5 Å². The monoisotopic (exact) mass is 324 g/mol. The van der Waals surface area contributed by atoms with E-state index in [0.29, 0.717) is 37.1 Å². The van der Waals surface area contributed by atoms with E-state index in [0.717, 1.165) is 12.8 Å². The van der Waals surface area contributed by atoms with Gasteiger partial charge in [0.1, 0.15) is 6.10 Å². The van der Waals surface area contributed by atoms with Crippen LogP contribution in [-0.2, 0) is 11.2 Å². The minimum atomic E-state index is -0.0886. The molecule has 2 heterocycles. The van der Waals surface area contributed by atoms with Gasteiger partial charge in [0.25, 0.3) is 5.91 Å². The highest BCUT2D eigenvalue weighted by atomic mass is 16.5. The Morgan fingerprint density at radius 2 is 2.25 bits per heavy atom.